The summed E-state index contributed by atoms with van der Waals surface area (Å²) in [6, 6.07) is 13.8. The monoisotopic (exact) mass is 382 g/mol. The Bertz CT molecular complexity index is 833. The van der Waals surface area contributed by atoms with Crippen molar-refractivity contribution in [2.75, 3.05) is 31.9 Å². The van der Waals surface area contributed by atoms with E-state index < -0.39 is 0 Å². The van der Waals surface area contributed by atoms with Crippen LogP contribution in [0.4, 0.5) is 5.69 Å². The maximum Gasteiger partial charge on any atom is 0.255 e. The minimum atomic E-state index is -0.130. The molecule has 4 rings (SSSR count). The van der Waals surface area contributed by atoms with Crippen LogP contribution in [0.5, 0.6) is 11.5 Å². The number of anilines is 1. The third kappa shape index (κ3) is 4.29. The van der Waals surface area contributed by atoms with Gasteiger partial charge in [0.25, 0.3) is 5.91 Å². The predicted octanol–water partition coefficient (Wildman–Crippen LogP) is 3.67. The Labute approximate surface area is 165 Å². The van der Waals surface area contributed by atoms with Crippen molar-refractivity contribution in [2.45, 2.75) is 32.4 Å². The van der Waals surface area contributed by atoms with Crippen LogP contribution in [0, 0.1) is 0 Å². The fourth-order valence-electron chi connectivity index (χ4n) is 3.77. The van der Waals surface area contributed by atoms with Crippen molar-refractivity contribution in [2.24, 2.45) is 0 Å². The Morgan fingerprint density at radius 1 is 1.11 bits per heavy atom. The zero-order valence-corrected chi connectivity index (χ0v) is 16.1. The highest BCUT2D eigenvalue weighted by molar-refractivity contribution is 6.04. The van der Waals surface area contributed by atoms with E-state index in [-0.39, 0.29) is 12.7 Å². The standard InChI is InChI=1S/C22H26N2O4/c1-2-24(19-8-10-26-11-9-19)14-16-4-3-5-17(12-16)22(25)23-18-6-7-20-21(13-18)28-15-27-20/h3-7,12-13,19H,2,8-11,14-15H2,1H3,(H,23,25). The fourth-order valence-corrected chi connectivity index (χ4v) is 3.77. The van der Waals surface area contributed by atoms with Crippen molar-refractivity contribution in [3.05, 3.63) is 53.6 Å². The van der Waals surface area contributed by atoms with Gasteiger partial charge < -0.3 is 19.5 Å². The van der Waals surface area contributed by atoms with Gasteiger partial charge in [-0.3, -0.25) is 9.69 Å². The molecule has 6 heteroatoms. The molecule has 2 aromatic rings. The van der Waals surface area contributed by atoms with Crippen LogP contribution in [0.3, 0.4) is 0 Å². The lowest BCUT2D eigenvalue weighted by Gasteiger charge is -2.33. The number of rotatable bonds is 6. The highest BCUT2D eigenvalue weighted by Gasteiger charge is 2.21. The molecule has 28 heavy (non-hydrogen) atoms. The quantitative estimate of drug-likeness (QED) is 0.826. The molecular formula is C22H26N2O4. The Kier molecular flexibility index (Phi) is 5.78. The van der Waals surface area contributed by atoms with Crippen LogP contribution in [-0.4, -0.2) is 43.4 Å². The first-order chi connectivity index (χ1) is 13.7. The number of carbonyl (C=O) groups is 1. The van der Waals surface area contributed by atoms with Crippen molar-refractivity contribution in [1.82, 2.24) is 4.90 Å². The highest BCUT2D eigenvalue weighted by Crippen LogP contribution is 2.34. The summed E-state index contributed by atoms with van der Waals surface area (Å²) in [6.07, 6.45) is 2.14. The number of ether oxygens (including phenoxy) is 3. The average molecular weight is 382 g/mol. The Morgan fingerprint density at radius 3 is 2.75 bits per heavy atom. The first-order valence-electron chi connectivity index (χ1n) is 9.84. The first kappa shape index (κ1) is 18.8. The molecule has 2 aliphatic heterocycles. The van der Waals surface area contributed by atoms with Crippen molar-refractivity contribution in [1.29, 1.82) is 0 Å². The molecule has 0 saturated carbocycles. The van der Waals surface area contributed by atoms with Gasteiger partial charge in [-0.15, -0.1) is 0 Å². The third-order valence-corrected chi connectivity index (χ3v) is 5.32. The van der Waals surface area contributed by atoms with Crippen LogP contribution >= 0.6 is 0 Å². The van der Waals surface area contributed by atoms with Crippen molar-refractivity contribution < 1.29 is 19.0 Å². The van der Waals surface area contributed by atoms with Gasteiger partial charge in [-0.1, -0.05) is 19.1 Å². The van der Waals surface area contributed by atoms with Crippen LogP contribution in [0.2, 0.25) is 0 Å². The van der Waals surface area contributed by atoms with Gasteiger partial charge in [0.15, 0.2) is 11.5 Å². The van der Waals surface area contributed by atoms with Crippen LogP contribution in [0.25, 0.3) is 0 Å². The van der Waals surface area contributed by atoms with E-state index in [9.17, 15) is 4.79 Å². The molecule has 0 atom stereocenters. The van der Waals surface area contributed by atoms with Crippen LogP contribution in [0.15, 0.2) is 42.5 Å². The molecule has 0 spiro atoms. The first-order valence-corrected chi connectivity index (χ1v) is 9.84. The van der Waals surface area contributed by atoms with Gasteiger partial charge in [0.05, 0.1) is 0 Å². The minimum Gasteiger partial charge on any atom is -0.454 e. The second-order valence-electron chi connectivity index (χ2n) is 7.13. The molecule has 1 amide bonds. The lowest BCUT2D eigenvalue weighted by Crippen LogP contribution is -2.38. The van der Waals surface area contributed by atoms with Gasteiger partial charge in [-0.05, 0) is 49.2 Å². The molecule has 1 fully saturated rings. The maximum atomic E-state index is 12.7. The van der Waals surface area contributed by atoms with Crippen molar-refractivity contribution >= 4 is 11.6 Å². The van der Waals surface area contributed by atoms with Crippen LogP contribution in [-0.2, 0) is 11.3 Å². The summed E-state index contributed by atoms with van der Waals surface area (Å²) >= 11 is 0. The van der Waals surface area contributed by atoms with E-state index in [1.54, 1.807) is 12.1 Å². The summed E-state index contributed by atoms with van der Waals surface area (Å²) in [4.78, 5) is 15.2. The lowest BCUT2D eigenvalue weighted by atomic mass is 10.0. The molecule has 0 bridgehead atoms. The number of nitrogens with zero attached hydrogens (tertiary/aromatic N) is 1. The summed E-state index contributed by atoms with van der Waals surface area (Å²) in [5.74, 6) is 1.23. The van der Waals surface area contributed by atoms with Gasteiger partial charge in [0.1, 0.15) is 0 Å². The summed E-state index contributed by atoms with van der Waals surface area (Å²) in [5.41, 5.74) is 2.49. The van der Waals surface area contributed by atoms with Gasteiger partial charge in [-0.25, -0.2) is 0 Å². The van der Waals surface area contributed by atoms with E-state index in [1.165, 1.54) is 0 Å². The number of nitrogens with one attached hydrogen (secondary N) is 1. The van der Waals surface area contributed by atoms with Crippen molar-refractivity contribution in [3.63, 3.8) is 0 Å². The summed E-state index contributed by atoms with van der Waals surface area (Å²) in [7, 11) is 0. The molecule has 1 saturated heterocycles. The minimum absolute atomic E-state index is 0.130. The van der Waals surface area contributed by atoms with Crippen LogP contribution < -0.4 is 14.8 Å². The maximum absolute atomic E-state index is 12.7. The number of amides is 1. The smallest absolute Gasteiger partial charge is 0.255 e. The molecule has 1 N–H and O–H groups in total. The molecule has 2 aliphatic rings. The molecule has 2 aromatic carbocycles. The lowest BCUT2D eigenvalue weighted by molar-refractivity contribution is 0.0330. The Hall–Kier alpha value is -2.57. The second kappa shape index (κ2) is 8.63. The molecule has 148 valence electrons. The van der Waals surface area contributed by atoms with E-state index in [0.717, 1.165) is 44.7 Å². The third-order valence-electron chi connectivity index (χ3n) is 5.32. The summed E-state index contributed by atoms with van der Waals surface area (Å²) in [6.45, 7) is 5.89. The van der Waals surface area contributed by atoms with E-state index in [4.69, 9.17) is 14.2 Å². The summed E-state index contributed by atoms with van der Waals surface area (Å²) < 4.78 is 16.2. The SMILES string of the molecule is CCN(Cc1cccc(C(=O)Nc2ccc3c(c2)OCO3)c1)C1CCOCC1. The number of hydrogen-bond acceptors (Lipinski definition) is 5. The van der Waals surface area contributed by atoms with E-state index >= 15 is 0 Å². The molecule has 0 aromatic heterocycles. The summed E-state index contributed by atoms with van der Waals surface area (Å²) in [5, 5.41) is 2.94. The van der Waals surface area contributed by atoms with Gasteiger partial charge in [0.2, 0.25) is 6.79 Å². The van der Waals surface area contributed by atoms with E-state index in [0.29, 0.717) is 28.8 Å². The largest absolute Gasteiger partial charge is 0.454 e. The van der Waals surface area contributed by atoms with Gasteiger partial charge in [0, 0.05) is 43.1 Å². The van der Waals surface area contributed by atoms with E-state index in [2.05, 4.69) is 23.2 Å². The zero-order valence-electron chi connectivity index (χ0n) is 16.1. The number of benzene rings is 2. The molecule has 0 radical (unpaired) electrons. The predicted molar refractivity (Wildman–Crippen MR) is 107 cm³/mol. The Balaban J connectivity index is 1.43. The molecular weight excluding hydrogens is 356 g/mol. The average Bonchev–Trinajstić information content (AvgIpc) is 3.21. The number of hydrogen-bond donors (Lipinski definition) is 1. The molecule has 0 aliphatic carbocycles. The van der Waals surface area contributed by atoms with Gasteiger partial charge in [-0.2, -0.15) is 0 Å². The zero-order chi connectivity index (χ0) is 19.3. The highest BCUT2D eigenvalue weighted by atomic mass is 16.7. The van der Waals surface area contributed by atoms with Gasteiger partial charge >= 0.3 is 0 Å². The molecule has 2 heterocycles. The number of fused-ring (bicyclic) bond motifs is 1. The van der Waals surface area contributed by atoms with Crippen molar-refractivity contribution in [3.8, 4) is 11.5 Å². The second-order valence-corrected chi connectivity index (χ2v) is 7.13. The molecule has 0 unspecified atom stereocenters. The normalized spacial score (nSPS) is 16.4. The molecule has 6 nitrogen and oxygen atoms in total. The Morgan fingerprint density at radius 2 is 1.93 bits per heavy atom. The fraction of sp³-hybridized carbons (Fsp3) is 0.409. The van der Waals surface area contributed by atoms with E-state index in [1.807, 2.05) is 24.3 Å². The topological polar surface area (TPSA) is 60.0 Å². The number of carbonyl (C=O) groups excluding carboxylic acids is 1. The van der Waals surface area contributed by atoms with Crippen LogP contribution in [0.1, 0.15) is 35.7 Å².